The molecule has 43 heavy (non-hydrogen) atoms. The van der Waals surface area contributed by atoms with Gasteiger partial charge in [0.1, 0.15) is 11.9 Å². The summed E-state index contributed by atoms with van der Waals surface area (Å²) in [5.74, 6) is -0.790. The van der Waals surface area contributed by atoms with E-state index in [4.69, 9.17) is 17.0 Å². The van der Waals surface area contributed by atoms with Crippen LogP contribution in [0, 0.1) is 5.82 Å². The van der Waals surface area contributed by atoms with Crippen LogP contribution in [0.25, 0.3) is 0 Å². The molecule has 0 spiro atoms. The Balaban J connectivity index is 1.24. The lowest BCUT2D eigenvalue weighted by atomic mass is 10.0. The van der Waals surface area contributed by atoms with Crippen molar-refractivity contribution in [2.45, 2.75) is 38.8 Å². The Labute approximate surface area is 256 Å². The van der Waals surface area contributed by atoms with Crippen molar-refractivity contribution in [2.75, 3.05) is 55.3 Å². The fourth-order valence-electron chi connectivity index (χ4n) is 4.85. The Morgan fingerprint density at radius 1 is 1.07 bits per heavy atom. The molecule has 2 saturated heterocycles. The predicted octanol–water partition coefficient (Wildman–Crippen LogP) is 2.84. The van der Waals surface area contributed by atoms with Gasteiger partial charge in [0.25, 0.3) is 0 Å². The number of hydrogen-bond donors (Lipinski definition) is 2. The van der Waals surface area contributed by atoms with Gasteiger partial charge in [-0.1, -0.05) is 43.4 Å². The lowest BCUT2D eigenvalue weighted by molar-refractivity contribution is -0.131. The second-order valence-corrected chi connectivity index (χ2v) is 12.8. The molecular formula is C29H36FN5O6S2. The zero-order valence-electron chi connectivity index (χ0n) is 24.2. The molecule has 11 nitrogen and oxygen atoms in total. The van der Waals surface area contributed by atoms with E-state index >= 15 is 4.39 Å². The van der Waals surface area contributed by atoms with E-state index in [1.54, 1.807) is 41.3 Å². The number of ketones is 1. The number of carbonyl (C=O) groups is 3. The molecule has 0 aliphatic carbocycles. The number of halogens is 1. The Morgan fingerprint density at radius 3 is 2.40 bits per heavy atom. The maximum atomic E-state index is 15.2. The molecular weight excluding hydrogens is 597 g/mol. The van der Waals surface area contributed by atoms with Crippen molar-refractivity contribution < 1.29 is 31.9 Å². The Bertz CT molecular complexity index is 1460. The standard InChI is InChI=1S/C29H36FN5O6S2/c1-3-27(42)31-18-23-19-35(29(38)41-23)22-8-9-25(24(30)16-22)33-12-14-34(15-13-33)28(37)11-10-26(36)21-6-4-20(5-7-21)17-32-43(2,39)40/h4-9,16,23,32H,3,10-15,17-19H2,1-2H3,(H,31,42)/t23-/m0/s1. The number of nitrogens with one attached hydrogen (secondary N) is 2. The summed E-state index contributed by atoms with van der Waals surface area (Å²) in [6.45, 7) is 4.38. The van der Waals surface area contributed by atoms with Crippen LogP contribution in [-0.4, -0.2) is 87.7 Å². The lowest BCUT2D eigenvalue weighted by Crippen LogP contribution is -2.49. The number of piperazine rings is 1. The fraction of sp³-hybridized carbons (Fsp3) is 0.448. The normalized spacial score (nSPS) is 17.1. The largest absolute Gasteiger partial charge is 0.442 e. The molecule has 0 saturated carbocycles. The number of ether oxygens (including phenoxy) is 1. The van der Waals surface area contributed by atoms with Crippen molar-refractivity contribution in [1.29, 1.82) is 0 Å². The number of amides is 2. The van der Waals surface area contributed by atoms with Crippen molar-refractivity contribution in [1.82, 2.24) is 14.9 Å². The molecule has 2 aromatic carbocycles. The number of carbonyl (C=O) groups excluding carboxylic acids is 3. The summed E-state index contributed by atoms with van der Waals surface area (Å²) in [6, 6.07) is 11.2. The molecule has 2 aliphatic rings. The lowest BCUT2D eigenvalue weighted by Gasteiger charge is -2.36. The zero-order chi connectivity index (χ0) is 31.1. The van der Waals surface area contributed by atoms with Gasteiger partial charge < -0.3 is 19.9 Å². The molecule has 2 amide bonds. The van der Waals surface area contributed by atoms with Gasteiger partial charge in [-0.25, -0.2) is 22.3 Å². The number of sulfonamides is 1. The maximum Gasteiger partial charge on any atom is 0.414 e. The fourth-order valence-corrected chi connectivity index (χ4v) is 5.37. The Kier molecular flexibility index (Phi) is 10.7. The summed E-state index contributed by atoms with van der Waals surface area (Å²) >= 11 is 5.15. The molecule has 2 fully saturated rings. The third kappa shape index (κ3) is 8.94. The van der Waals surface area contributed by atoms with Crippen molar-refractivity contribution in [3.63, 3.8) is 0 Å². The number of Topliss-reactive ketones (excluding diaryl/α,β-unsaturated/α-hetero) is 1. The molecule has 0 unspecified atom stereocenters. The van der Waals surface area contributed by atoms with Crippen molar-refractivity contribution in [2.24, 2.45) is 0 Å². The monoisotopic (exact) mass is 633 g/mol. The van der Waals surface area contributed by atoms with Gasteiger partial charge in [-0.15, -0.1) is 0 Å². The van der Waals surface area contributed by atoms with E-state index in [-0.39, 0.29) is 37.6 Å². The highest BCUT2D eigenvalue weighted by atomic mass is 32.2. The maximum absolute atomic E-state index is 15.2. The Morgan fingerprint density at radius 2 is 1.77 bits per heavy atom. The molecule has 0 radical (unpaired) electrons. The number of cyclic esters (lactones) is 1. The Hall–Kier alpha value is -3.62. The van der Waals surface area contributed by atoms with Crippen LogP contribution in [0.2, 0.25) is 0 Å². The number of hydrogen-bond acceptors (Lipinski definition) is 8. The van der Waals surface area contributed by atoms with E-state index in [2.05, 4.69) is 10.0 Å². The van der Waals surface area contributed by atoms with Gasteiger partial charge in [-0.3, -0.25) is 14.5 Å². The first-order chi connectivity index (χ1) is 20.4. The van der Waals surface area contributed by atoms with Crippen LogP contribution in [-0.2, 0) is 26.1 Å². The second kappa shape index (κ2) is 14.2. The summed E-state index contributed by atoms with van der Waals surface area (Å²) in [7, 11) is -3.31. The van der Waals surface area contributed by atoms with Crippen LogP contribution in [0.5, 0.6) is 0 Å². The van der Waals surface area contributed by atoms with Gasteiger partial charge in [-0.2, -0.15) is 0 Å². The van der Waals surface area contributed by atoms with E-state index < -0.39 is 28.0 Å². The van der Waals surface area contributed by atoms with Crippen molar-refractivity contribution >= 4 is 56.4 Å². The molecule has 2 N–H and O–H groups in total. The SMILES string of the molecule is CCC(=S)NC[C@H]1CN(c2ccc(N3CCN(C(=O)CCC(=O)c4ccc(CNS(C)(=O)=O)cc4)CC3)c(F)c2)C(=O)O1. The molecule has 2 heterocycles. The van der Waals surface area contributed by atoms with E-state index in [0.29, 0.717) is 61.1 Å². The minimum absolute atomic E-state index is 0.0528. The number of thiocarbonyl (C=S) groups is 1. The smallest absolute Gasteiger partial charge is 0.414 e. The summed E-state index contributed by atoms with van der Waals surface area (Å²) < 4.78 is 45.4. The molecule has 0 aromatic heterocycles. The van der Waals surface area contributed by atoms with Gasteiger partial charge in [-0.05, 0) is 30.2 Å². The molecule has 0 bridgehead atoms. The van der Waals surface area contributed by atoms with E-state index in [1.165, 1.54) is 11.0 Å². The quantitative estimate of drug-likeness (QED) is 0.268. The minimum atomic E-state index is -3.31. The summed E-state index contributed by atoms with van der Waals surface area (Å²) in [5, 5.41) is 3.06. The van der Waals surface area contributed by atoms with E-state index in [9.17, 15) is 22.8 Å². The van der Waals surface area contributed by atoms with Gasteiger partial charge in [0, 0.05) is 51.1 Å². The average Bonchev–Trinajstić information content (AvgIpc) is 3.37. The zero-order valence-corrected chi connectivity index (χ0v) is 25.8. The minimum Gasteiger partial charge on any atom is -0.442 e. The first-order valence-corrected chi connectivity index (χ1v) is 16.4. The van der Waals surface area contributed by atoms with Crippen LogP contribution in [0.15, 0.2) is 42.5 Å². The van der Waals surface area contributed by atoms with E-state index in [1.807, 2.05) is 11.8 Å². The van der Waals surface area contributed by atoms with Crippen LogP contribution < -0.4 is 19.8 Å². The summed E-state index contributed by atoms with van der Waals surface area (Å²) in [4.78, 5) is 43.4. The van der Waals surface area contributed by atoms with Gasteiger partial charge in [0.05, 0.1) is 35.7 Å². The number of nitrogens with zero attached hydrogens (tertiary/aromatic N) is 3. The number of rotatable bonds is 12. The van der Waals surface area contributed by atoms with Crippen molar-refractivity contribution in [3.8, 4) is 0 Å². The van der Waals surface area contributed by atoms with Crippen LogP contribution in [0.1, 0.15) is 42.1 Å². The van der Waals surface area contributed by atoms with Crippen LogP contribution in [0.3, 0.4) is 0 Å². The highest BCUT2D eigenvalue weighted by Crippen LogP contribution is 2.28. The molecule has 1 atom stereocenters. The predicted molar refractivity (Wildman–Crippen MR) is 165 cm³/mol. The third-order valence-electron chi connectivity index (χ3n) is 7.32. The van der Waals surface area contributed by atoms with Gasteiger partial charge in [0.2, 0.25) is 15.9 Å². The summed E-state index contributed by atoms with van der Waals surface area (Å²) in [6.07, 6.45) is 0.958. The number of anilines is 2. The molecule has 232 valence electrons. The molecule has 2 aromatic rings. The van der Waals surface area contributed by atoms with Crippen LogP contribution >= 0.6 is 12.2 Å². The highest BCUT2D eigenvalue weighted by Gasteiger charge is 2.33. The molecule has 2 aliphatic heterocycles. The average molecular weight is 634 g/mol. The van der Waals surface area contributed by atoms with Crippen LogP contribution in [0.4, 0.5) is 20.6 Å². The van der Waals surface area contributed by atoms with Gasteiger partial charge >= 0.3 is 6.09 Å². The molecule has 14 heteroatoms. The highest BCUT2D eigenvalue weighted by molar-refractivity contribution is 7.88. The first kappa shape index (κ1) is 32.3. The molecule has 4 rings (SSSR count). The van der Waals surface area contributed by atoms with Gasteiger partial charge in [0.15, 0.2) is 5.78 Å². The first-order valence-electron chi connectivity index (χ1n) is 14.1. The second-order valence-electron chi connectivity index (χ2n) is 10.5. The topological polar surface area (TPSA) is 128 Å². The number of benzene rings is 2. The third-order valence-corrected chi connectivity index (χ3v) is 8.42. The van der Waals surface area contributed by atoms with E-state index in [0.717, 1.165) is 11.8 Å². The summed E-state index contributed by atoms with van der Waals surface area (Å²) in [5.41, 5.74) is 1.97. The van der Waals surface area contributed by atoms with Crippen molar-refractivity contribution in [3.05, 3.63) is 59.4 Å².